The normalized spacial score (nSPS) is 16.6. The maximum atomic E-state index is 11.6. The second kappa shape index (κ2) is 8.08. The van der Waals surface area contributed by atoms with Gasteiger partial charge < -0.3 is 16.0 Å². The monoisotopic (exact) mass is 255 g/mol. The molecule has 0 radical (unpaired) electrons. The van der Waals surface area contributed by atoms with Crippen molar-refractivity contribution in [2.75, 3.05) is 19.6 Å². The number of rotatable bonds is 6. The Balaban J connectivity index is 2.07. The first-order valence-electron chi connectivity index (χ1n) is 6.84. The highest BCUT2D eigenvalue weighted by Crippen LogP contribution is 2.17. The van der Waals surface area contributed by atoms with Gasteiger partial charge in [0.1, 0.15) is 0 Å². The molecule has 104 valence electrons. The standard InChI is InChI=1S/C13H25N3O2/c1-10(2)16-13(18)9-15-12(17)4-3-11-5-7-14-8-6-11/h10-11,14H,3-9H2,1-2H3,(H,15,17)(H,16,18). The maximum Gasteiger partial charge on any atom is 0.239 e. The van der Waals surface area contributed by atoms with Crippen molar-refractivity contribution in [3.8, 4) is 0 Å². The Kier molecular flexibility index (Phi) is 6.72. The van der Waals surface area contributed by atoms with E-state index < -0.39 is 0 Å². The molecule has 0 aromatic heterocycles. The van der Waals surface area contributed by atoms with Crippen LogP contribution < -0.4 is 16.0 Å². The van der Waals surface area contributed by atoms with Gasteiger partial charge in [-0.1, -0.05) is 0 Å². The van der Waals surface area contributed by atoms with E-state index in [1.807, 2.05) is 13.8 Å². The topological polar surface area (TPSA) is 70.2 Å². The first kappa shape index (κ1) is 15.0. The summed E-state index contributed by atoms with van der Waals surface area (Å²) in [6, 6.07) is 0.115. The van der Waals surface area contributed by atoms with Crippen LogP contribution in [0.3, 0.4) is 0 Å². The molecule has 1 rings (SSSR count). The van der Waals surface area contributed by atoms with Crippen molar-refractivity contribution in [2.45, 2.75) is 45.6 Å². The van der Waals surface area contributed by atoms with Gasteiger partial charge in [-0.25, -0.2) is 0 Å². The summed E-state index contributed by atoms with van der Waals surface area (Å²) in [6.07, 6.45) is 3.77. The molecule has 1 heterocycles. The van der Waals surface area contributed by atoms with Crippen LogP contribution >= 0.6 is 0 Å². The minimum Gasteiger partial charge on any atom is -0.352 e. The summed E-state index contributed by atoms with van der Waals surface area (Å²) < 4.78 is 0. The van der Waals surface area contributed by atoms with Crippen LogP contribution in [-0.2, 0) is 9.59 Å². The third kappa shape index (κ3) is 6.59. The Hall–Kier alpha value is -1.10. The van der Waals surface area contributed by atoms with Crippen LogP contribution in [0.5, 0.6) is 0 Å². The molecule has 5 heteroatoms. The van der Waals surface area contributed by atoms with Gasteiger partial charge in [0.05, 0.1) is 6.54 Å². The highest BCUT2D eigenvalue weighted by Gasteiger charge is 2.14. The van der Waals surface area contributed by atoms with E-state index in [1.165, 1.54) is 0 Å². The molecule has 1 saturated heterocycles. The second-order valence-corrected chi connectivity index (χ2v) is 5.23. The van der Waals surface area contributed by atoms with E-state index in [0.29, 0.717) is 12.3 Å². The molecule has 5 nitrogen and oxygen atoms in total. The molecule has 0 aliphatic carbocycles. The summed E-state index contributed by atoms with van der Waals surface area (Å²) in [7, 11) is 0. The van der Waals surface area contributed by atoms with Crippen molar-refractivity contribution >= 4 is 11.8 Å². The van der Waals surface area contributed by atoms with E-state index in [0.717, 1.165) is 32.4 Å². The molecular formula is C13H25N3O2. The number of carbonyl (C=O) groups excluding carboxylic acids is 2. The number of hydrogen-bond donors (Lipinski definition) is 3. The average Bonchev–Trinajstić information content (AvgIpc) is 2.34. The zero-order valence-electron chi connectivity index (χ0n) is 11.4. The van der Waals surface area contributed by atoms with Gasteiger partial charge in [0.25, 0.3) is 0 Å². The lowest BCUT2D eigenvalue weighted by Crippen LogP contribution is -2.40. The summed E-state index contributed by atoms with van der Waals surface area (Å²) >= 11 is 0. The summed E-state index contributed by atoms with van der Waals surface area (Å²) in [5, 5.41) is 8.71. The molecule has 0 saturated carbocycles. The Morgan fingerprint density at radius 2 is 1.89 bits per heavy atom. The van der Waals surface area contributed by atoms with Gasteiger partial charge >= 0.3 is 0 Å². The first-order valence-corrected chi connectivity index (χ1v) is 6.84. The van der Waals surface area contributed by atoms with Crippen LogP contribution in [0.25, 0.3) is 0 Å². The van der Waals surface area contributed by atoms with Crippen molar-refractivity contribution in [2.24, 2.45) is 5.92 Å². The highest BCUT2D eigenvalue weighted by atomic mass is 16.2. The molecule has 1 aliphatic heterocycles. The first-order chi connectivity index (χ1) is 8.58. The predicted molar refractivity (Wildman–Crippen MR) is 71.1 cm³/mol. The molecule has 0 unspecified atom stereocenters. The van der Waals surface area contributed by atoms with Gasteiger partial charge in [-0.05, 0) is 52.1 Å². The van der Waals surface area contributed by atoms with Gasteiger partial charge in [-0.15, -0.1) is 0 Å². The summed E-state index contributed by atoms with van der Waals surface area (Å²) in [6.45, 7) is 6.00. The average molecular weight is 255 g/mol. The van der Waals surface area contributed by atoms with Crippen molar-refractivity contribution in [1.82, 2.24) is 16.0 Å². The third-order valence-corrected chi connectivity index (χ3v) is 3.13. The molecule has 0 aromatic carbocycles. The highest BCUT2D eigenvalue weighted by molar-refractivity contribution is 5.84. The molecule has 3 N–H and O–H groups in total. The van der Waals surface area contributed by atoms with Crippen LogP contribution in [0.2, 0.25) is 0 Å². The minimum absolute atomic E-state index is 0.0209. The molecule has 1 fully saturated rings. The van der Waals surface area contributed by atoms with Crippen molar-refractivity contribution < 1.29 is 9.59 Å². The fraction of sp³-hybridized carbons (Fsp3) is 0.846. The third-order valence-electron chi connectivity index (χ3n) is 3.13. The Bertz CT molecular complexity index is 273. The molecule has 18 heavy (non-hydrogen) atoms. The largest absolute Gasteiger partial charge is 0.352 e. The lowest BCUT2D eigenvalue weighted by molar-refractivity contribution is -0.126. The van der Waals surface area contributed by atoms with E-state index >= 15 is 0 Å². The zero-order chi connectivity index (χ0) is 13.4. The molecule has 0 atom stereocenters. The summed E-state index contributed by atoms with van der Waals surface area (Å²) in [5.74, 6) is 0.508. The number of nitrogens with one attached hydrogen (secondary N) is 3. The molecule has 0 spiro atoms. The van der Waals surface area contributed by atoms with E-state index in [9.17, 15) is 9.59 Å². The Morgan fingerprint density at radius 1 is 1.22 bits per heavy atom. The van der Waals surface area contributed by atoms with E-state index in [1.54, 1.807) is 0 Å². The Labute approximate surface area is 109 Å². The van der Waals surface area contributed by atoms with Crippen LogP contribution in [0.15, 0.2) is 0 Å². The van der Waals surface area contributed by atoms with Crippen molar-refractivity contribution in [1.29, 1.82) is 0 Å². The number of amides is 2. The predicted octanol–water partition coefficient (Wildman–Crippen LogP) is 0.407. The van der Waals surface area contributed by atoms with Crippen LogP contribution in [-0.4, -0.2) is 37.5 Å². The molecular weight excluding hydrogens is 230 g/mol. The number of piperidine rings is 1. The maximum absolute atomic E-state index is 11.6. The molecule has 0 aromatic rings. The molecule has 2 amide bonds. The van der Waals surface area contributed by atoms with E-state index in [2.05, 4.69) is 16.0 Å². The van der Waals surface area contributed by atoms with Crippen molar-refractivity contribution in [3.05, 3.63) is 0 Å². The van der Waals surface area contributed by atoms with E-state index in [-0.39, 0.29) is 24.4 Å². The van der Waals surface area contributed by atoms with Gasteiger partial charge in [0, 0.05) is 12.5 Å². The van der Waals surface area contributed by atoms with Gasteiger partial charge in [0.15, 0.2) is 0 Å². The van der Waals surface area contributed by atoms with E-state index in [4.69, 9.17) is 0 Å². The van der Waals surface area contributed by atoms with Gasteiger partial charge in [-0.3, -0.25) is 9.59 Å². The van der Waals surface area contributed by atoms with Crippen molar-refractivity contribution in [3.63, 3.8) is 0 Å². The van der Waals surface area contributed by atoms with Gasteiger partial charge in [-0.2, -0.15) is 0 Å². The summed E-state index contributed by atoms with van der Waals surface area (Å²) in [5.41, 5.74) is 0. The van der Waals surface area contributed by atoms with Gasteiger partial charge in [0.2, 0.25) is 11.8 Å². The second-order valence-electron chi connectivity index (χ2n) is 5.23. The lowest BCUT2D eigenvalue weighted by Gasteiger charge is -2.22. The molecule has 1 aliphatic rings. The fourth-order valence-electron chi connectivity index (χ4n) is 2.15. The summed E-state index contributed by atoms with van der Waals surface area (Å²) in [4.78, 5) is 22.9. The molecule has 0 bridgehead atoms. The smallest absolute Gasteiger partial charge is 0.239 e. The fourth-order valence-corrected chi connectivity index (χ4v) is 2.15. The minimum atomic E-state index is -0.125. The zero-order valence-corrected chi connectivity index (χ0v) is 11.4. The number of hydrogen-bond acceptors (Lipinski definition) is 3. The lowest BCUT2D eigenvalue weighted by atomic mass is 9.93. The SMILES string of the molecule is CC(C)NC(=O)CNC(=O)CCC1CCNCC1. The van der Waals surface area contributed by atoms with Crippen LogP contribution in [0, 0.1) is 5.92 Å². The van der Waals surface area contributed by atoms with Crippen LogP contribution in [0.1, 0.15) is 39.5 Å². The quantitative estimate of drug-likeness (QED) is 0.644. The van der Waals surface area contributed by atoms with Crippen LogP contribution in [0.4, 0.5) is 0 Å². The number of carbonyl (C=O) groups is 2. The Morgan fingerprint density at radius 3 is 2.50 bits per heavy atom.